The summed E-state index contributed by atoms with van der Waals surface area (Å²) in [6.07, 6.45) is 7.26. The summed E-state index contributed by atoms with van der Waals surface area (Å²) in [6.45, 7) is 0. The van der Waals surface area contributed by atoms with E-state index in [2.05, 4.69) is 24.3 Å². The molecule has 98 valence electrons. The SMILES string of the molecule is c1c[nH]c(-c2snc(-c3nccs3)c2-c2ncc[nH]2)c1. The van der Waals surface area contributed by atoms with Crippen molar-refractivity contribution in [1.82, 2.24) is 24.3 Å². The van der Waals surface area contributed by atoms with Gasteiger partial charge in [-0.1, -0.05) is 0 Å². The molecule has 4 aromatic rings. The summed E-state index contributed by atoms with van der Waals surface area (Å²) in [5.74, 6) is 0.813. The van der Waals surface area contributed by atoms with Gasteiger partial charge in [0.15, 0.2) is 0 Å². The average molecular weight is 299 g/mol. The van der Waals surface area contributed by atoms with Crippen LogP contribution in [0.2, 0.25) is 0 Å². The van der Waals surface area contributed by atoms with E-state index in [1.165, 1.54) is 11.5 Å². The summed E-state index contributed by atoms with van der Waals surface area (Å²) in [5.41, 5.74) is 2.92. The molecule has 4 rings (SSSR count). The summed E-state index contributed by atoms with van der Waals surface area (Å²) in [5, 5.41) is 2.86. The lowest BCUT2D eigenvalue weighted by atomic mass is 10.1. The number of thiazole rings is 1. The lowest BCUT2D eigenvalue weighted by Gasteiger charge is -2.00. The topological polar surface area (TPSA) is 70.2 Å². The standard InChI is InChI=1S/C13H9N5S2/c1-2-8(14-3-1)11-9(12-15-4-5-16-12)10(18-20-11)13-17-6-7-19-13/h1-7,14H,(H,15,16). The summed E-state index contributed by atoms with van der Waals surface area (Å²) in [7, 11) is 0. The van der Waals surface area contributed by atoms with Crippen molar-refractivity contribution >= 4 is 22.9 Å². The van der Waals surface area contributed by atoms with E-state index in [0.717, 1.165) is 32.7 Å². The average Bonchev–Trinajstić information content (AvgIpc) is 3.23. The number of H-pyrrole nitrogens is 2. The fraction of sp³-hybridized carbons (Fsp3) is 0. The van der Waals surface area contributed by atoms with E-state index in [-0.39, 0.29) is 0 Å². The highest BCUT2D eigenvalue weighted by Gasteiger charge is 2.21. The molecule has 0 aromatic carbocycles. The Bertz CT molecular complexity index is 746. The van der Waals surface area contributed by atoms with Crippen LogP contribution in [0.1, 0.15) is 0 Å². The van der Waals surface area contributed by atoms with Crippen LogP contribution in [0.3, 0.4) is 0 Å². The molecule has 20 heavy (non-hydrogen) atoms. The van der Waals surface area contributed by atoms with Gasteiger partial charge in [0.2, 0.25) is 0 Å². The van der Waals surface area contributed by atoms with Gasteiger partial charge in [0.05, 0.1) is 16.1 Å². The molecule has 0 aliphatic rings. The zero-order valence-electron chi connectivity index (χ0n) is 10.2. The second-order valence-corrected chi connectivity index (χ2v) is 5.76. The fourth-order valence-electron chi connectivity index (χ4n) is 2.05. The third-order valence-electron chi connectivity index (χ3n) is 2.90. The first kappa shape index (κ1) is 11.6. The van der Waals surface area contributed by atoms with Crippen molar-refractivity contribution in [3.63, 3.8) is 0 Å². The van der Waals surface area contributed by atoms with Crippen LogP contribution in [-0.4, -0.2) is 24.3 Å². The van der Waals surface area contributed by atoms with Crippen LogP contribution in [-0.2, 0) is 0 Å². The maximum Gasteiger partial charge on any atom is 0.143 e. The highest BCUT2D eigenvalue weighted by atomic mass is 32.1. The lowest BCUT2D eigenvalue weighted by molar-refractivity contribution is 1.30. The van der Waals surface area contributed by atoms with Gasteiger partial charge in [-0.05, 0) is 23.7 Å². The fourth-order valence-corrected chi connectivity index (χ4v) is 3.61. The van der Waals surface area contributed by atoms with E-state index < -0.39 is 0 Å². The van der Waals surface area contributed by atoms with Crippen LogP contribution >= 0.6 is 22.9 Å². The van der Waals surface area contributed by atoms with Gasteiger partial charge in [0.1, 0.15) is 16.5 Å². The molecule has 7 heteroatoms. The van der Waals surface area contributed by atoms with E-state index in [4.69, 9.17) is 0 Å². The highest BCUT2D eigenvalue weighted by Crippen LogP contribution is 2.41. The Morgan fingerprint density at radius 2 is 2.05 bits per heavy atom. The maximum atomic E-state index is 4.58. The van der Waals surface area contributed by atoms with E-state index in [1.807, 2.05) is 29.9 Å². The van der Waals surface area contributed by atoms with E-state index in [1.54, 1.807) is 23.7 Å². The van der Waals surface area contributed by atoms with E-state index in [9.17, 15) is 0 Å². The van der Waals surface area contributed by atoms with Crippen LogP contribution in [0, 0.1) is 0 Å². The largest absolute Gasteiger partial charge is 0.360 e. The number of imidazole rings is 1. The van der Waals surface area contributed by atoms with Crippen LogP contribution < -0.4 is 0 Å². The molecular weight excluding hydrogens is 290 g/mol. The van der Waals surface area contributed by atoms with Crippen molar-refractivity contribution in [3.05, 3.63) is 42.3 Å². The number of nitrogens with one attached hydrogen (secondary N) is 2. The monoisotopic (exact) mass is 299 g/mol. The molecule has 4 heterocycles. The molecular formula is C13H9N5S2. The molecule has 0 aliphatic carbocycles. The van der Waals surface area contributed by atoms with Crippen molar-refractivity contribution in [3.8, 4) is 32.7 Å². The number of hydrogen-bond acceptors (Lipinski definition) is 5. The summed E-state index contributed by atoms with van der Waals surface area (Å²) < 4.78 is 4.58. The quantitative estimate of drug-likeness (QED) is 0.606. The Hall–Kier alpha value is -2.25. The summed E-state index contributed by atoms with van der Waals surface area (Å²) in [6, 6.07) is 4.01. The Balaban J connectivity index is 1.98. The maximum absolute atomic E-state index is 4.58. The van der Waals surface area contributed by atoms with Crippen LogP contribution in [0.4, 0.5) is 0 Å². The molecule has 5 nitrogen and oxygen atoms in total. The summed E-state index contributed by atoms with van der Waals surface area (Å²) in [4.78, 5) is 16.2. The minimum Gasteiger partial charge on any atom is -0.360 e. The minimum absolute atomic E-state index is 0.813. The lowest BCUT2D eigenvalue weighted by Crippen LogP contribution is -1.86. The number of aromatic nitrogens is 5. The molecule has 0 spiro atoms. The molecule has 2 N–H and O–H groups in total. The van der Waals surface area contributed by atoms with Crippen molar-refractivity contribution in [2.75, 3.05) is 0 Å². The van der Waals surface area contributed by atoms with Crippen LogP contribution in [0.5, 0.6) is 0 Å². The molecule has 0 saturated carbocycles. The predicted molar refractivity (Wildman–Crippen MR) is 80.6 cm³/mol. The van der Waals surface area contributed by atoms with Crippen LogP contribution in [0.15, 0.2) is 42.3 Å². The third kappa shape index (κ3) is 1.79. The smallest absolute Gasteiger partial charge is 0.143 e. The summed E-state index contributed by atoms with van der Waals surface area (Å²) >= 11 is 3.04. The molecule has 0 radical (unpaired) electrons. The Kier molecular flexibility index (Phi) is 2.71. The zero-order chi connectivity index (χ0) is 13.4. The Morgan fingerprint density at radius 3 is 2.75 bits per heavy atom. The highest BCUT2D eigenvalue weighted by molar-refractivity contribution is 7.14. The van der Waals surface area contributed by atoms with Crippen molar-refractivity contribution < 1.29 is 0 Å². The zero-order valence-corrected chi connectivity index (χ0v) is 11.8. The van der Waals surface area contributed by atoms with Gasteiger partial charge in [-0.25, -0.2) is 9.97 Å². The molecule has 0 amide bonds. The molecule has 0 unspecified atom stereocenters. The molecule has 0 saturated heterocycles. The van der Waals surface area contributed by atoms with E-state index >= 15 is 0 Å². The molecule has 0 atom stereocenters. The second-order valence-electron chi connectivity index (χ2n) is 4.09. The third-order valence-corrected chi connectivity index (χ3v) is 4.56. The Labute approximate surface area is 122 Å². The minimum atomic E-state index is 0.813. The van der Waals surface area contributed by atoms with Crippen LogP contribution in [0.25, 0.3) is 32.7 Å². The first-order valence-corrected chi connectivity index (χ1v) is 7.62. The molecule has 4 aromatic heterocycles. The van der Waals surface area contributed by atoms with Gasteiger partial charge in [-0.3, -0.25) is 0 Å². The number of rotatable bonds is 3. The normalized spacial score (nSPS) is 11.0. The van der Waals surface area contributed by atoms with Crippen molar-refractivity contribution in [1.29, 1.82) is 0 Å². The van der Waals surface area contributed by atoms with Gasteiger partial charge < -0.3 is 9.97 Å². The molecule has 0 aliphatic heterocycles. The second kappa shape index (κ2) is 4.69. The first-order valence-electron chi connectivity index (χ1n) is 5.96. The Morgan fingerprint density at radius 1 is 1.05 bits per heavy atom. The number of hydrogen-bond donors (Lipinski definition) is 2. The van der Waals surface area contributed by atoms with Crippen molar-refractivity contribution in [2.45, 2.75) is 0 Å². The first-order chi connectivity index (χ1) is 9.93. The van der Waals surface area contributed by atoms with Gasteiger partial charge in [0.25, 0.3) is 0 Å². The molecule has 0 fully saturated rings. The van der Waals surface area contributed by atoms with Gasteiger partial charge in [0, 0.05) is 30.2 Å². The number of nitrogens with zero attached hydrogens (tertiary/aromatic N) is 3. The molecule has 0 bridgehead atoms. The van der Waals surface area contributed by atoms with Gasteiger partial charge in [-0.2, -0.15) is 4.37 Å². The van der Waals surface area contributed by atoms with Crippen molar-refractivity contribution in [2.24, 2.45) is 0 Å². The van der Waals surface area contributed by atoms with E-state index in [0.29, 0.717) is 0 Å². The van der Waals surface area contributed by atoms with Gasteiger partial charge in [-0.15, -0.1) is 11.3 Å². The predicted octanol–water partition coefficient (Wildman–Crippen LogP) is 3.65. The number of aromatic amines is 2. The van der Waals surface area contributed by atoms with Gasteiger partial charge >= 0.3 is 0 Å².